The Hall–Kier alpha value is -4.25. The average molecular weight is 606 g/mol. The van der Waals surface area contributed by atoms with Crippen LogP contribution < -0.4 is 10.6 Å². The molecule has 226 valence electrons. The highest BCUT2D eigenvalue weighted by atomic mass is 35.5. The van der Waals surface area contributed by atoms with E-state index in [4.69, 9.17) is 11.6 Å². The number of nitrogens with one attached hydrogen (secondary N) is 2. The predicted octanol–water partition coefficient (Wildman–Crippen LogP) is 2.18. The van der Waals surface area contributed by atoms with Crippen LogP contribution in [0.15, 0.2) is 48.7 Å². The Balaban J connectivity index is 1.38. The van der Waals surface area contributed by atoms with E-state index in [0.29, 0.717) is 49.4 Å². The summed E-state index contributed by atoms with van der Waals surface area (Å²) in [6, 6.07) is 12.8. The molecule has 0 fully saturated rings. The molecule has 1 atom stereocenters. The average Bonchev–Trinajstić information content (AvgIpc) is 3.33. The SMILES string of the molecule is Cn1nc2c3c1CCC(C3)NC(=O)CN(CCc1ccccc1)C(=O)CCCN(C(=O)c1ccc(Cl)cn1)CCNC2=O. The number of pyridine rings is 1. The van der Waals surface area contributed by atoms with Gasteiger partial charge in [-0.3, -0.25) is 23.9 Å². The lowest BCUT2D eigenvalue weighted by Crippen LogP contribution is -2.46. The topological polar surface area (TPSA) is 130 Å². The molecule has 3 heterocycles. The van der Waals surface area contributed by atoms with Crippen LogP contribution in [0.2, 0.25) is 5.02 Å². The van der Waals surface area contributed by atoms with E-state index < -0.39 is 0 Å². The minimum atomic E-state index is -0.326. The van der Waals surface area contributed by atoms with Gasteiger partial charge in [0.2, 0.25) is 11.8 Å². The van der Waals surface area contributed by atoms with Crippen molar-refractivity contribution in [2.45, 2.75) is 44.6 Å². The van der Waals surface area contributed by atoms with Gasteiger partial charge >= 0.3 is 0 Å². The number of rotatable bonds is 4. The normalized spacial score (nSPS) is 18.6. The zero-order valence-electron chi connectivity index (χ0n) is 24.2. The van der Waals surface area contributed by atoms with Crippen LogP contribution in [0, 0.1) is 0 Å². The maximum absolute atomic E-state index is 13.4. The standard InChI is InChI=1S/C31H36ClN7O4/c1-37-26-12-10-23-18-24(26)29(36-37)30(42)33-14-17-38(31(43)25-11-9-22(32)19-34-25)15-5-8-28(41)39(20-27(40)35-23)16-13-21-6-3-2-4-7-21/h2-4,6-7,9,11,19,23H,5,8,10,12-18,20H2,1H3,(H,33,42)(H,35,40). The molecule has 12 heteroatoms. The number of aryl methyl sites for hydroxylation is 1. The highest BCUT2D eigenvalue weighted by Gasteiger charge is 2.30. The van der Waals surface area contributed by atoms with Crippen LogP contribution in [-0.4, -0.2) is 87.0 Å². The molecule has 1 unspecified atom stereocenters. The summed E-state index contributed by atoms with van der Waals surface area (Å²) in [7, 11) is 1.82. The van der Waals surface area contributed by atoms with Crippen LogP contribution in [0.1, 0.15) is 57.1 Å². The molecule has 2 bridgehead atoms. The van der Waals surface area contributed by atoms with E-state index in [0.717, 1.165) is 16.8 Å². The van der Waals surface area contributed by atoms with Crippen molar-refractivity contribution in [1.29, 1.82) is 0 Å². The van der Waals surface area contributed by atoms with Crippen LogP contribution >= 0.6 is 11.6 Å². The summed E-state index contributed by atoms with van der Waals surface area (Å²) >= 11 is 5.96. The number of carbonyl (C=O) groups excluding carboxylic acids is 4. The lowest BCUT2D eigenvalue weighted by Gasteiger charge is -2.27. The van der Waals surface area contributed by atoms with Crippen LogP contribution in [0.25, 0.3) is 0 Å². The summed E-state index contributed by atoms with van der Waals surface area (Å²) < 4.78 is 1.73. The molecule has 43 heavy (non-hydrogen) atoms. The van der Waals surface area contributed by atoms with Gasteiger partial charge in [0.1, 0.15) is 5.69 Å². The summed E-state index contributed by atoms with van der Waals surface area (Å²) in [4.78, 5) is 60.6. The Bertz CT molecular complexity index is 1480. The maximum Gasteiger partial charge on any atom is 0.272 e. The van der Waals surface area contributed by atoms with Gasteiger partial charge in [0.15, 0.2) is 5.69 Å². The number of aromatic nitrogens is 3. The van der Waals surface area contributed by atoms with E-state index in [9.17, 15) is 19.2 Å². The molecule has 4 amide bonds. The lowest BCUT2D eigenvalue weighted by atomic mass is 9.91. The first-order valence-corrected chi connectivity index (χ1v) is 15.0. The van der Waals surface area contributed by atoms with Crippen molar-refractivity contribution < 1.29 is 19.2 Å². The van der Waals surface area contributed by atoms with Gasteiger partial charge in [0.05, 0.1) is 11.6 Å². The summed E-state index contributed by atoms with van der Waals surface area (Å²) in [6.07, 6.45) is 4.43. The molecule has 0 saturated heterocycles. The van der Waals surface area contributed by atoms with Gasteiger partial charge in [0.25, 0.3) is 11.8 Å². The fourth-order valence-corrected chi connectivity index (χ4v) is 5.80. The molecule has 0 saturated carbocycles. The molecule has 2 aliphatic rings. The third-order valence-electron chi connectivity index (χ3n) is 7.96. The number of hydrogen-bond acceptors (Lipinski definition) is 6. The number of nitrogens with zero attached hydrogens (tertiary/aromatic N) is 5. The number of benzene rings is 1. The van der Waals surface area contributed by atoms with Crippen molar-refractivity contribution in [3.05, 3.63) is 81.9 Å². The number of amides is 4. The summed E-state index contributed by atoms with van der Waals surface area (Å²) in [5, 5.41) is 10.9. The van der Waals surface area contributed by atoms with Crippen molar-refractivity contribution in [1.82, 2.24) is 35.2 Å². The summed E-state index contributed by atoms with van der Waals surface area (Å²) in [5.41, 5.74) is 3.42. The highest BCUT2D eigenvalue weighted by molar-refractivity contribution is 6.30. The van der Waals surface area contributed by atoms with Crippen molar-refractivity contribution in [3.8, 4) is 0 Å². The molecule has 5 rings (SSSR count). The van der Waals surface area contributed by atoms with Crippen molar-refractivity contribution in [2.75, 3.05) is 32.7 Å². The first-order chi connectivity index (χ1) is 20.8. The number of fused-ring (bicyclic) bond motifs is 1. The zero-order chi connectivity index (χ0) is 30.3. The molecular weight excluding hydrogens is 570 g/mol. The zero-order valence-corrected chi connectivity index (χ0v) is 25.0. The smallest absolute Gasteiger partial charge is 0.272 e. The molecule has 11 nitrogen and oxygen atoms in total. The number of carbonyl (C=O) groups is 4. The second-order valence-corrected chi connectivity index (χ2v) is 11.4. The van der Waals surface area contributed by atoms with Crippen molar-refractivity contribution >= 4 is 35.2 Å². The molecule has 2 N–H and O–H groups in total. The molecule has 2 aromatic heterocycles. The van der Waals surface area contributed by atoms with Crippen LogP contribution in [-0.2, 0) is 35.9 Å². The summed E-state index contributed by atoms with van der Waals surface area (Å²) in [6.45, 7) is 1.02. The Morgan fingerprint density at radius 1 is 1.07 bits per heavy atom. The fourth-order valence-electron chi connectivity index (χ4n) is 5.69. The van der Waals surface area contributed by atoms with Gasteiger partial charge < -0.3 is 20.4 Å². The minimum absolute atomic E-state index is 0.0628. The first kappa shape index (κ1) is 30.2. The molecule has 0 radical (unpaired) electrons. The lowest BCUT2D eigenvalue weighted by molar-refractivity contribution is -0.136. The first-order valence-electron chi connectivity index (χ1n) is 14.6. The molecule has 0 spiro atoms. The minimum Gasteiger partial charge on any atom is -0.351 e. The third-order valence-corrected chi connectivity index (χ3v) is 8.18. The van der Waals surface area contributed by atoms with E-state index in [-0.39, 0.29) is 68.0 Å². The quantitative estimate of drug-likeness (QED) is 0.469. The molecule has 3 aromatic rings. The molecular formula is C31H36ClN7O4. The molecule has 1 aliphatic heterocycles. The Morgan fingerprint density at radius 3 is 2.65 bits per heavy atom. The van der Waals surface area contributed by atoms with Crippen molar-refractivity contribution in [2.24, 2.45) is 7.05 Å². The Kier molecular flexibility index (Phi) is 9.71. The van der Waals surface area contributed by atoms with Crippen LogP contribution in [0.5, 0.6) is 0 Å². The Morgan fingerprint density at radius 2 is 1.88 bits per heavy atom. The van der Waals surface area contributed by atoms with E-state index in [2.05, 4.69) is 20.7 Å². The fraction of sp³-hybridized carbons (Fsp3) is 0.419. The van der Waals surface area contributed by atoms with Gasteiger partial charge in [-0.1, -0.05) is 41.9 Å². The van der Waals surface area contributed by atoms with E-state index in [1.165, 1.54) is 6.20 Å². The third kappa shape index (κ3) is 7.59. The molecule has 1 aliphatic carbocycles. The van der Waals surface area contributed by atoms with Gasteiger partial charge in [-0.15, -0.1) is 0 Å². The van der Waals surface area contributed by atoms with Crippen molar-refractivity contribution in [3.63, 3.8) is 0 Å². The number of halogens is 1. The monoisotopic (exact) mass is 605 g/mol. The predicted molar refractivity (Wildman–Crippen MR) is 161 cm³/mol. The summed E-state index contributed by atoms with van der Waals surface area (Å²) in [5.74, 6) is -1.04. The van der Waals surface area contributed by atoms with Gasteiger partial charge in [0, 0.05) is 63.1 Å². The van der Waals surface area contributed by atoms with Gasteiger partial charge in [-0.05, 0) is 49.8 Å². The second kappa shape index (κ2) is 13.8. The largest absolute Gasteiger partial charge is 0.351 e. The van der Waals surface area contributed by atoms with E-state index >= 15 is 0 Å². The van der Waals surface area contributed by atoms with Crippen LogP contribution in [0.4, 0.5) is 0 Å². The van der Waals surface area contributed by atoms with E-state index in [1.54, 1.807) is 26.6 Å². The highest BCUT2D eigenvalue weighted by Crippen LogP contribution is 2.24. The van der Waals surface area contributed by atoms with Crippen LogP contribution in [0.3, 0.4) is 0 Å². The maximum atomic E-state index is 13.4. The van der Waals surface area contributed by atoms with Gasteiger partial charge in [-0.25, -0.2) is 4.98 Å². The van der Waals surface area contributed by atoms with E-state index in [1.807, 2.05) is 37.4 Å². The Labute approximate surface area is 255 Å². The number of hydrogen-bond donors (Lipinski definition) is 2. The second-order valence-electron chi connectivity index (χ2n) is 11.0. The molecule has 1 aromatic carbocycles. The van der Waals surface area contributed by atoms with Gasteiger partial charge in [-0.2, -0.15) is 5.10 Å².